The standard InChI is InChI=1S/C14H21N3O3S/c1-21(19,20)17-8-4-7-15-14(18)13-9-11-5-2-3-6-12(11)10-16-13/h2-3,5-6,13,16-17H,4,7-10H2,1H3,(H,15,18)/t13-/m0/s1. The number of hydrogen-bond acceptors (Lipinski definition) is 4. The molecule has 1 aromatic rings. The van der Waals surface area contributed by atoms with Crippen LogP contribution in [-0.2, 0) is 27.8 Å². The van der Waals surface area contributed by atoms with E-state index in [1.165, 1.54) is 11.1 Å². The lowest BCUT2D eigenvalue weighted by atomic mass is 9.95. The quantitative estimate of drug-likeness (QED) is 0.633. The summed E-state index contributed by atoms with van der Waals surface area (Å²) in [5, 5.41) is 6.05. The van der Waals surface area contributed by atoms with Crippen LogP contribution >= 0.6 is 0 Å². The maximum Gasteiger partial charge on any atom is 0.237 e. The maximum absolute atomic E-state index is 12.1. The predicted octanol–water partition coefficient (Wildman–Crippen LogP) is -0.244. The average molecular weight is 311 g/mol. The molecule has 0 unspecified atom stereocenters. The number of carbonyl (C=O) groups is 1. The molecule has 1 aliphatic rings. The van der Waals surface area contributed by atoms with E-state index in [0.29, 0.717) is 32.5 Å². The lowest BCUT2D eigenvalue weighted by Gasteiger charge is -2.25. The summed E-state index contributed by atoms with van der Waals surface area (Å²) in [7, 11) is -3.15. The highest BCUT2D eigenvalue weighted by Gasteiger charge is 2.23. The molecule has 0 fully saturated rings. The Labute approximate surface area is 125 Å². The molecule has 21 heavy (non-hydrogen) atoms. The lowest BCUT2D eigenvalue weighted by Crippen LogP contribution is -2.48. The van der Waals surface area contributed by atoms with Crippen LogP contribution in [-0.4, -0.2) is 39.7 Å². The molecule has 1 atom stereocenters. The number of benzene rings is 1. The van der Waals surface area contributed by atoms with Crippen LogP contribution in [0.5, 0.6) is 0 Å². The first-order valence-corrected chi connectivity index (χ1v) is 8.87. The van der Waals surface area contributed by atoms with Gasteiger partial charge in [0.25, 0.3) is 0 Å². The topological polar surface area (TPSA) is 87.3 Å². The van der Waals surface area contributed by atoms with Crippen molar-refractivity contribution in [3.63, 3.8) is 0 Å². The van der Waals surface area contributed by atoms with Crippen LogP contribution in [0.15, 0.2) is 24.3 Å². The summed E-state index contributed by atoms with van der Waals surface area (Å²) in [6.45, 7) is 1.49. The molecule has 0 spiro atoms. The number of rotatable bonds is 6. The number of nitrogens with one attached hydrogen (secondary N) is 3. The van der Waals surface area contributed by atoms with Crippen LogP contribution in [0.3, 0.4) is 0 Å². The Kier molecular flexibility index (Phi) is 5.33. The summed E-state index contributed by atoms with van der Waals surface area (Å²) in [4.78, 5) is 12.1. The smallest absolute Gasteiger partial charge is 0.237 e. The largest absolute Gasteiger partial charge is 0.355 e. The molecule has 1 aromatic carbocycles. The molecule has 2 rings (SSSR count). The summed E-state index contributed by atoms with van der Waals surface area (Å²) >= 11 is 0. The van der Waals surface area contributed by atoms with Crippen LogP contribution in [0.1, 0.15) is 17.5 Å². The molecule has 1 amide bonds. The van der Waals surface area contributed by atoms with Crippen molar-refractivity contribution in [1.29, 1.82) is 0 Å². The van der Waals surface area contributed by atoms with Gasteiger partial charge in [0.1, 0.15) is 0 Å². The molecule has 1 heterocycles. The minimum Gasteiger partial charge on any atom is -0.355 e. The Balaban J connectivity index is 1.73. The Morgan fingerprint density at radius 1 is 1.29 bits per heavy atom. The monoisotopic (exact) mass is 311 g/mol. The van der Waals surface area contributed by atoms with Crippen LogP contribution in [0, 0.1) is 0 Å². The third-order valence-corrected chi connectivity index (χ3v) is 4.14. The van der Waals surface area contributed by atoms with E-state index in [4.69, 9.17) is 0 Å². The van der Waals surface area contributed by atoms with Crippen molar-refractivity contribution < 1.29 is 13.2 Å². The van der Waals surface area contributed by atoms with Gasteiger partial charge >= 0.3 is 0 Å². The third kappa shape index (κ3) is 5.11. The zero-order chi connectivity index (χ0) is 15.3. The molecular weight excluding hydrogens is 290 g/mol. The van der Waals surface area contributed by atoms with Crippen molar-refractivity contribution in [2.24, 2.45) is 0 Å². The van der Waals surface area contributed by atoms with Crippen molar-refractivity contribution in [1.82, 2.24) is 15.4 Å². The van der Waals surface area contributed by atoms with Gasteiger partial charge in [0.15, 0.2) is 0 Å². The molecule has 7 heteroatoms. The van der Waals surface area contributed by atoms with Gasteiger partial charge in [0, 0.05) is 19.6 Å². The van der Waals surface area contributed by atoms with Gasteiger partial charge in [-0.05, 0) is 24.0 Å². The molecule has 6 nitrogen and oxygen atoms in total. The van der Waals surface area contributed by atoms with Gasteiger partial charge in [-0.2, -0.15) is 0 Å². The second kappa shape index (κ2) is 7.02. The molecular formula is C14H21N3O3S. The zero-order valence-electron chi connectivity index (χ0n) is 12.1. The highest BCUT2D eigenvalue weighted by Crippen LogP contribution is 2.16. The van der Waals surface area contributed by atoms with Crippen molar-refractivity contribution in [2.75, 3.05) is 19.3 Å². The second-order valence-electron chi connectivity index (χ2n) is 5.22. The lowest BCUT2D eigenvalue weighted by molar-refractivity contribution is -0.123. The zero-order valence-corrected chi connectivity index (χ0v) is 12.9. The fourth-order valence-corrected chi connectivity index (χ4v) is 2.84. The van der Waals surface area contributed by atoms with E-state index < -0.39 is 10.0 Å². The Morgan fingerprint density at radius 3 is 2.71 bits per heavy atom. The molecule has 1 aliphatic heterocycles. The van der Waals surface area contributed by atoms with E-state index in [-0.39, 0.29) is 11.9 Å². The van der Waals surface area contributed by atoms with Crippen molar-refractivity contribution in [3.05, 3.63) is 35.4 Å². The van der Waals surface area contributed by atoms with Gasteiger partial charge in [0.2, 0.25) is 15.9 Å². The number of carbonyl (C=O) groups excluding carboxylic acids is 1. The highest BCUT2D eigenvalue weighted by atomic mass is 32.2. The first-order valence-electron chi connectivity index (χ1n) is 6.98. The number of amides is 1. The van der Waals surface area contributed by atoms with Gasteiger partial charge in [0.05, 0.1) is 12.3 Å². The molecule has 0 bridgehead atoms. The number of sulfonamides is 1. The summed E-state index contributed by atoms with van der Waals surface area (Å²) in [6, 6.07) is 7.87. The normalized spacial score (nSPS) is 18.0. The Morgan fingerprint density at radius 2 is 2.00 bits per heavy atom. The SMILES string of the molecule is CS(=O)(=O)NCCCNC(=O)[C@@H]1Cc2ccccc2CN1. The number of hydrogen-bond donors (Lipinski definition) is 3. The Hall–Kier alpha value is -1.44. The molecule has 0 aromatic heterocycles. The average Bonchev–Trinajstić information content (AvgIpc) is 2.45. The first kappa shape index (κ1) is 15.9. The summed E-state index contributed by atoms with van der Waals surface area (Å²) in [6.07, 6.45) is 2.38. The minimum absolute atomic E-state index is 0.0381. The summed E-state index contributed by atoms with van der Waals surface area (Å²) in [5.74, 6) is -0.0381. The summed E-state index contributed by atoms with van der Waals surface area (Å²) in [5.41, 5.74) is 2.44. The van der Waals surface area contributed by atoms with Gasteiger partial charge < -0.3 is 10.6 Å². The van der Waals surface area contributed by atoms with Crippen LogP contribution in [0.4, 0.5) is 0 Å². The van der Waals surface area contributed by atoms with Crippen LogP contribution in [0.25, 0.3) is 0 Å². The predicted molar refractivity (Wildman–Crippen MR) is 81.2 cm³/mol. The van der Waals surface area contributed by atoms with E-state index in [2.05, 4.69) is 21.4 Å². The van der Waals surface area contributed by atoms with E-state index in [9.17, 15) is 13.2 Å². The molecule has 116 valence electrons. The maximum atomic E-state index is 12.1. The van der Waals surface area contributed by atoms with Gasteiger partial charge in [-0.1, -0.05) is 24.3 Å². The molecule has 0 aliphatic carbocycles. The van der Waals surface area contributed by atoms with E-state index in [0.717, 1.165) is 6.26 Å². The minimum atomic E-state index is -3.15. The van der Waals surface area contributed by atoms with Crippen molar-refractivity contribution >= 4 is 15.9 Å². The third-order valence-electron chi connectivity index (χ3n) is 3.41. The molecule has 0 saturated heterocycles. The summed E-state index contributed by atoms with van der Waals surface area (Å²) < 4.78 is 24.2. The van der Waals surface area contributed by atoms with E-state index in [1.807, 2.05) is 18.2 Å². The fourth-order valence-electron chi connectivity index (χ4n) is 2.32. The van der Waals surface area contributed by atoms with Crippen LogP contribution in [0.2, 0.25) is 0 Å². The van der Waals surface area contributed by atoms with Crippen molar-refractivity contribution in [3.8, 4) is 0 Å². The van der Waals surface area contributed by atoms with Gasteiger partial charge in [-0.15, -0.1) is 0 Å². The van der Waals surface area contributed by atoms with Gasteiger partial charge in [-0.25, -0.2) is 13.1 Å². The van der Waals surface area contributed by atoms with Crippen LogP contribution < -0.4 is 15.4 Å². The van der Waals surface area contributed by atoms with E-state index >= 15 is 0 Å². The molecule has 3 N–H and O–H groups in total. The van der Waals surface area contributed by atoms with Crippen molar-refractivity contribution in [2.45, 2.75) is 25.4 Å². The first-order chi connectivity index (χ1) is 9.96. The fraction of sp³-hybridized carbons (Fsp3) is 0.500. The molecule has 0 saturated carbocycles. The highest BCUT2D eigenvalue weighted by molar-refractivity contribution is 7.88. The molecule has 0 radical (unpaired) electrons. The second-order valence-corrected chi connectivity index (χ2v) is 7.05. The van der Waals surface area contributed by atoms with E-state index in [1.54, 1.807) is 0 Å². The Bertz CT molecular complexity index is 601. The van der Waals surface area contributed by atoms with Gasteiger partial charge in [-0.3, -0.25) is 4.79 Å². The number of fused-ring (bicyclic) bond motifs is 1.